The van der Waals surface area contributed by atoms with Crippen molar-refractivity contribution in [2.45, 2.75) is 40.5 Å². The van der Waals surface area contributed by atoms with Crippen molar-refractivity contribution < 1.29 is 4.79 Å². The van der Waals surface area contributed by atoms with E-state index in [0.29, 0.717) is 11.6 Å². The summed E-state index contributed by atoms with van der Waals surface area (Å²) in [5.74, 6) is -0.279. The fourth-order valence-electron chi connectivity index (χ4n) is 1.33. The lowest BCUT2D eigenvalue weighted by Gasteiger charge is -2.17. The third-order valence-corrected chi connectivity index (χ3v) is 3.83. The molecule has 4 nitrogen and oxygen atoms in total. The molecule has 0 bridgehead atoms. The van der Waals surface area contributed by atoms with Gasteiger partial charge in [-0.2, -0.15) is 5.26 Å². The lowest BCUT2D eigenvalue weighted by atomic mass is 9.88. The maximum absolute atomic E-state index is 11.9. The largest absolute Gasteiger partial charge is 0.301 e. The van der Waals surface area contributed by atoms with Crippen LogP contribution in [-0.4, -0.2) is 10.9 Å². The minimum absolute atomic E-state index is 0.279. The fraction of sp³-hybridized carbons (Fsp3) is 0.583. The minimum atomic E-state index is -0.980. The van der Waals surface area contributed by atoms with E-state index in [1.807, 2.05) is 26.8 Å². The number of carbonyl (C=O) groups is 1. The summed E-state index contributed by atoms with van der Waals surface area (Å²) in [7, 11) is 0. The summed E-state index contributed by atoms with van der Waals surface area (Å²) < 4.78 is 0. The lowest BCUT2D eigenvalue weighted by Crippen LogP contribution is -2.31. The van der Waals surface area contributed by atoms with Gasteiger partial charge in [0.25, 0.3) is 0 Å². The van der Waals surface area contributed by atoms with E-state index < -0.39 is 5.41 Å². The highest BCUT2D eigenvalue weighted by Gasteiger charge is 2.31. The van der Waals surface area contributed by atoms with Gasteiger partial charge in [-0.1, -0.05) is 13.8 Å². The Kier molecular flexibility index (Phi) is 4.24. The van der Waals surface area contributed by atoms with E-state index >= 15 is 0 Å². The predicted octanol–water partition coefficient (Wildman–Crippen LogP) is 2.89. The second-order valence-corrected chi connectivity index (χ2v) is 5.33. The highest BCUT2D eigenvalue weighted by molar-refractivity contribution is 7.15. The topological polar surface area (TPSA) is 65.8 Å². The van der Waals surface area contributed by atoms with E-state index in [9.17, 15) is 4.79 Å². The zero-order valence-corrected chi connectivity index (χ0v) is 11.4. The molecule has 0 radical (unpaired) electrons. The first kappa shape index (κ1) is 13.7. The molecule has 0 saturated carbocycles. The summed E-state index contributed by atoms with van der Waals surface area (Å²) in [4.78, 5) is 17.4. The average molecular weight is 251 g/mol. The van der Waals surface area contributed by atoms with Crippen LogP contribution in [0.15, 0.2) is 0 Å². The molecule has 1 amide bonds. The van der Waals surface area contributed by atoms with Crippen LogP contribution < -0.4 is 5.32 Å². The molecular formula is C12H17N3OS. The molecule has 1 unspecified atom stereocenters. The maximum atomic E-state index is 11.9. The van der Waals surface area contributed by atoms with Crippen molar-refractivity contribution in [2.75, 3.05) is 5.32 Å². The summed E-state index contributed by atoms with van der Waals surface area (Å²) in [6, 6.07) is 2.05. The van der Waals surface area contributed by atoms with E-state index in [1.54, 1.807) is 6.92 Å². The number of aromatic nitrogens is 1. The number of nitrogens with one attached hydrogen (secondary N) is 1. The van der Waals surface area contributed by atoms with Gasteiger partial charge >= 0.3 is 0 Å². The van der Waals surface area contributed by atoms with E-state index in [1.165, 1.54) is 11.3 Å². The Hall–Kier alpha value is -1.41. The van der Waals surface area contributed by atoms with Crippen molar-refractivity contribution in [1.29, 1.82) is 5.26 Å². The Morgan fingerprint density at radius 2 is 2.24 bits per heavy atom. The predicted molar refractivity (Wildman–Crippen MR) is 68.9 cm³/mol. The van der Waals surface area contributed by atoms with Crippen LogP contribution in [0.3, 0.4) is 0 Å². The molecule has 1 rings (SSSR count). The molecule has 1 atom stereocenters. The van der Waals surface area contributed by atoms with Gasteiger partial charge in [0.1, 0.15) is 5.41 Å². The van der Waals surface area contributed by atoms with Crippen LogP contribution in [0.1, 0.15) is 37.8 Å². The van der Waals surface area contributed by atoms with Gasteiger partial charge < -0.3 is 5.32 Å². The molecule has 5 heteroatoms. The number of nitrogens with zero attached hydrogens (tertiary/aromatic N) is 2. The van der Waals surface area contributed by atoms with Crippen LogP contribution in [0.25, 0.3) is 0 Å². The number of hydrogen-bond donors (Lipinski definition) is 1. The van der Waals surface area contributed by atoms with Gasteiger partial charge in [0.05, 0.1) is 11.8 Å². The van der Waals surface area contributed by atoms with Gasteiger partial charge in [-0.25, -0.2) is 4.98 Å². The van der Waals surface area contributed by atoms with Gasteiger partial charge in [0.2, 0.25) is 5.91 Å². The third kappa shape index (κ3) is 2.83. The van der Waals surface area contributed by atoms with Crippen molar-refractivity contribution in [2.24, 2.45) is 5.41 Å². The molecule has 0 saturated heterocycles. The number of thiazole rings is 1. The first-order chi connectivity index (χ1) is 7.96. The quantitative estimate of drug-likeness (QED) is 0.894. The second-order valence-electron chi connectivity index (χ2n) is 4.13. The van der Waals surface area contributed by atoms with Crippen molar-refractivity contribution >= 4 is 22.4 Å². The normalized spacial score (nSPS) is 13.8. The van der Waals surface area contributed by atoms with Gasteiger partial charge in [0.15, 0.2) is 5.13 Å². The highest BCUT2D eigenvalue weighted by atomic mass is 32.1. The Morgan fingerprint density at radius 3 is 2.65 bits per heavy atom. The molecule has 92 valence electrons. The zero-order chi connectivity index (χ0) is 13.1. The van der Waals surface area contributed by atoms with Gasteiger partial charge in [0, 0.05) is 4.88 Å². The molecule has 1 N–H and O–H groups in total. The summed E-state index contributed by atoms with van der Waals surface area (Å²) in [6.45, 7) is 7.48. The average Bonchev–Trinajstić information content (AvgIpc) is 2.68. The maximum Gasteiger partial charge on any atom is 0.246 e. The first-order valence-electron chi connectivity index (χ1n) is 5.65. The van der Waals surface area contributed by atoms with Crippen LogP contribution in [0.2, 0.25) is 0 Å². The number of carbonyl (C=O) groups excluding carboxylic acids is 1. The van der Waals surface area contributed by atoms with E-state index in [4.69, 9.17) is 5.26 Å². The number of anilines is 1. The van der Waals surface area contributed by atoms with Crippen LogP contribution in [-0.2, 0) is 11.2 Å². The van der Waals surface area contributed by atoms with E-state index in [0.717, 1.165) is 17.0 Å². The highest BCUT2D eigenvalue weighted by Crippen LogP contribution is 2.26. The molecule has 17 heavy (non-hydrogen) atoms. The van der Waals surface area contributed by atoms with Crippen molar-refractivity contribution in [3.8, 4) is 6.07 Å². The van der Waals surface area contributed by atoms with Crippen LogP contribution in [0.5, 0.6) is 0 Å². The Morgan fingerprint density at radius 1 is 1.59 bits per heavy atom. The zero-order valence-electron chi connectivity index (χ0n) is 10.6. The lowest BCUT2D eigenvalue weighted by molar-refractivity contribution is -0.122. The Labute approximate surface area is 106 Å². The van der Waals surface area contributed by atoms with Gasteiger partial charge in [-0.05, 0) is 26.7 Å². The summed E-state index contributed by atoms with van der Waals surface area (Å²) in [5, 5.41) is 12.3. The number of nitriles is 1. The van der Waals surface area contributed by atoms with E-state index in [-0.39, 0.29) is 5.91 Å². The van der Waals surface area contributed by atoms with Gasteiger partial charge in [-0.3, -0.25) is 4.79 Å². The Bertz CT molecular complexity index is 461. The molecule has 0 fully saturated rings. The molecule has 0 aliphatic heterocycles. The molecule has 1 heterocycles. The van der Waals surface area contributed by atoms with E-state index in [2.05, 4.69) is 10.3 Å². The first-order valence-corrected chi connectivity index (χ1v) is 6.47. The summed E-state index contributed by atoms with van der Waals surface area (Å²) >= 11 is 1.45. The standard InChI is InChI=1S/C12H17N3OS/c1-5-9-8(3)17-11(14-9)15-10(16)12(4,6-2)7-13/h5-6H2,1-4H3,(H,14,15,16). The Balaban J connectivity index is 2.85. The minimum Gasteiger partial charge on any atom is -0.301 e. The number of aryl methyl sites for hydroxylation is 2. The number of hydrogen-bond acceptors (Lipinski definition) is 4. The molecule has 0 aliphatic carbocycles. The van der Waals surface area contributed by atoms with Crippen LogP contribution in [0.4, 0.5) is 5.13 Å². The molecule has 0 spiro atoms. The summed E-state index contributed by atoms with van der Waals surface area (Å²) in [5.41, 5.74) is 0.0202. The third-order valence-electron chi connectivity index (χ3n) is 2.90. The molecule has 0 aliphatic rings. The molecule has 1 aromatic heterocycles. The summed E-state index contributed by atoms with van der Waals surface area (Å²) in [6.07, 6.45) is 1.34. The fourth-order valence-corrected chi connectivity index (χ4v) is 2.23. The number of rotatable bonds is 4. The van der Waals surface area contributed by atoms with Crippen molar-refractivity contribution in [3.05, 3.63) is 10.6 Å². The smallest absolute Gasteiger partial charge is 0.246 e. The van der Waals surface area contributed by atoms with Crippen molar-refractivity contribution in [3.63, 3.8) is 0 Å². The molecule has 1 aromatic rings. The SMILES string of the molecule is CCc1nc(NC(=O)C(C)(C#N)CC)sc1C. The number of amides is 1. The van der Waals surface area contributed by atoms with Crippen LogP contribution >= 0.6 is 11.3 Å². The monoisotopic (exact) mass is 251 g/mol. The molecular weight excluding hydrogens is 234 g/mol. The van der Waals surface area contributed by atoms with Gasteiger partial charge in [-0.15, -0.1) is 11.3 Å². The van der Waals surface area contributed by atoms with Crippen molar-refractivity contribution in [1.82, 2.24) is 4.98 Å². The van der Waals surface area contributed by atoms with Crippen LogP contribution in [0, 0.1) is 23.7 Å². The second kappa shape index (κ2) is 5.28. The molecule has 0 aromatic carbocycles.